The van der Waals surface area contributed by atoms with Gasteiger partial charge in [0.1, 0.15) is 5.75 Å². The maximum atomic E-state index is 11.0. The molecular formula is C18H20ClNO2S. The normalized spacial score (nSPS) is 17.0. The van der Waals surface area contributed by atoms with Crippen molar-refractivity contribution in [3.63, 3.8) is 0 Å². The van der Waals surface area contributed by atoms with Crippen LogP contribution < -0.4 is 10.1 Å². The summed E-state index contributed by atoms with van der Waals surface area (Å²) in [5.41, 5.74) is 0.240. The Bertz CT molecular complexity index is 686. The van der Waals surface area contributed by atoms with Gasteiger partial charge in [0, 0.05) is 9.79 Å². The number of rotatable bonds is 4. The lowest BCUT2D eigenvalue weighted by Gasteiger charge is -2.34. The van der Waals surface area contributed by atoms with Crippen molar-refractivity contribution in [2.24, 2.45) is 0 Å². The molecule has 3 rings (SSSR count). The molecule has 0 radical (unpaired) electrons. The predicted molar refractivity (Wildman–Crippen MR) is 94.6 cm³/mol. The number of halogens is 1. The van der Waals surface area contributed by atoms with Gasteiger partial charge in [-0.2, -0.15) is 0 Å². The van der Waals surface area contributed by atoms with Crippen LogP contribution in [0.15, 0.2) is 52.3 Å². The van der Waals surface area contributed by atoms with Gasteiger partial charge >= 0.3 is 0 Å². The molecule has 0 atom stereocenters. The fraction of sp³-hybridized carbons (Fsp3) is 0.333. The first-order chi connectivity index (χ1) is 11.1. The zero-order valence-electron chi connectivity index (χ0n) is 13.0. The van der Waals surface area contributed by atoms with Crippen LogP contribution >= 0.6 is 23.4 Å². The van der Waals surface area contributed by atoms with E-state index in [1.807, 2.05) is 36.4 Å². The summed E-state index contributed by atoms with van der Waals surface area (Å²) < 4.78 is 5.20. The van der Waals surface area contributed by atoms with E-state index in [1.165, 1.54) is 0 Å². The molecule has 0 spiro atoms. The van der Waals surface area contributed by atoms with Gasteiger partial charge in [-0.25, -0.2) is 0 Å². The first-order valence-electron chi connectivity index (χ1n) is 7.66. The Balaban J connectivity index is 1.90. The van der Waals surface area contributed by atoms with Crippen molar-refractivity contribution in [3.05, 3.63) is 53.1 Å². The lowest BCUT2D eigenvalue weighted by Crippen LogP contribution is -2.40. The van der Waals surface area contributed by atoms with Crippen LogP contribution in [0.3, 0.4) is 0 Å². The summed E-state index contributed by atoms with van der Waals surface area (Å²) in [5.74, 6) is 0.668. The van der Waals surface area contributed by atoms with Gasteiger partial charge in [-0.1, -0.05) is 41.6 Å². The summed E-state index contributed by atoms with van der Waals surface area (Å²) in [4.78, 5) is 2.10. The predicted octanol–water partition coefficient (Wildman–Crippen LogP) is 4.07. The second-order valence-electron chi connectivity index (χ2n) is 5.68. The van der Waals surface area contributed by atoms with Crippen LogP contribution in [0, 0.1) is 0 Å². The number of aliphatic hydroxyl groups is 1. The summed E-state index contributed by atoms with van der Waals surface area (Å²) >= 11 is 7.83. The van der Waals surface area contributed by atoms with Crippen LogP contribution in [0.2, 0.25) is 5.02 Å². The van der Waals surface area contributed by atoms with Crippen molar-refractivity contribution in [1.29, 1.82) is 0 Å². The van der Waals surface area contributed by atoms with E-state index in [0.29, 0.717) is 10.8 Å². The van der Waals surface area contributed by atoms with Crippen molar-refractivity contribution in [1.82, 2.24) is 5.32 Å². The molecule has 2 aromatic carbocycles. The summed E-state index contributed by atoms with van der Waals surface area (Å²) in [5, 5.41) is 14.9. The van der Waals surface area contributed by atoms with Crippen LogP contribution in [-0.4, -0.2) is 25.3 Å². The van der Waals surface area contributed by atoms with Gasteiger partial charge in [-0.15, -0.1) is 0 Å². The minimum Gasteiger partial charge on any atom is -0.495 e. The summed E-state index contributed by atoms with van der Waals surface area (Å²) in [6.07, 6.45) is 1.46. The molecular weight excluding hydrogens is 330 g/mol. The van der Waals surface area contributed by atoms with E-state index in [9.17, 15) is 5.11 Å². The van der Waals surface area contributed by atoms with Crippen molar-refractivity contribution in [3.8, 4) is 5.75 Å². The van der Waals surface area contributed by atoms with Crippen LogP contribution in [0.5, 0.6) is 5.75 Å². The molecule has 1 fully saturated rings. The molecule has 0 bridgehead atoms. The Labute approximate surface area is 146 Å². The first kappa shape index (κ1) is 16.7. The SMILES string of the molecule is COc1ccc(Sc2ccccc2C2(O)CCNCC2)cc1Cl. The maximum absolute atomic E-state index is 11.0. The van der Waals surface area contributed by atoms with Crippen LogP contribution in [0.4, 0.5) is 0 Å². The highest BCUT2D eigenvalue weighted by Crippen LogP contribution is 2.40. The average molecular weight is 350 g/mol. The van der Waals surface area contributed by atoms with Gasteiger partial charge in [0.15, 0.2) is 0 Å². The molecule has 0 aliphatic carbocycles. The van der Waals surface area contributed by atoms with Gasteiger partial charge in [-0.05, 0) is 55.8 Å². The molecule has 122 valence electrons. The second kappa shape index (κ2) is 7.14. The molecule has 0 unspecified atom stereocenters. The Morgan fingerprint density at radius 2 is 1.91 bits per heavy atom. The number of benzene rings is 2. The van der Waals surface area contributed by atoms with Crippen molar-refractivity contribution < 1.29 is 9.84 Å². The Hall–Kier alpha value is -1.20. The number of nitrogens with one attached hydrogen (secondary N) is 1. The molecule has 0 aromatic heterocycles. The highest BCUT2D eigenvalue weighted by Gasteiger charge is 2.33. The third kappa shape index (κ3) is 3.66. The number of hydrogen-bond acceptors (Lipinski definition) is 4. The number of methoxy groups -OCH3 is 1. The molecule has 2 N–H and O–H groups in total. The smallest absolute Gasteiger partial charge is 0.137 e. The lowest BCUT2D eigenvalue weighted by atomic mass is 9.85. The average Bonchev–Trinajstić information content (AvgIpc) is 2.56. The molecule has 1 saturated heterocycles. The van der Waals surface area contributed by atoms with E-state index in [2.05, 4.69) is 11.4 Å². The van der Waals surface area contributed by atoms with E-state index >= 15 is 0 Å². The van der Waals surface area contributed by atoms with Gasteiger partial charge in [-0.3, -0.25) is 0 Å². The van der Waals surface area contributed by atoms with Gasteiger partial charge in [0.05, 0.1) is 17.7 Å². The number of hydrogen-bond donors (Lipinski definition) is 2. The molecule has 2 aromatic rings. The van der Waals surface area contributed by atoms with Gasteiger partial charge in [0.25, 0.3) is 0 Å². The molecule has 3 nitrogen and oxygen atoms in total. The Morgan fingerprint density at radius 3 is 2.61 bits per heavy atom. The van der Waals surface area contributed by atoms with E-state index in [0.717, 1.165) is 41.3 Å². The van der Waals surface area contributed by atoms with Crippen molar-refractivity contribution in [2.45, 2.75) is 28.2 Å². The second-order valence-corrected chi connectivity index (χ2v) is 7.20. The fourth-order valence-electron chi connectivity index (χ4n) is 2.89. The Kier molecular flexibility index (Phi) is 5.17. The summed E-state index contributed by atoms with van der Waals surface area (Å²) in [6, 6.07) is 13.8. The topological polar surface area (TPSA) is 41.5 Å². The highest BCUT2D eigenvalue weighted by atomic mass is 35.5. The lowest BCUT2D eigenvalue weighted by molar-refractivity contribution is 0.00351. The standard InChI is InChI=1S/C18H20ClNO2S/c1-22-16-7-6-13(12-15(16)19)23-17-5-3-2-4-14(17)18(21)8-10-20-11-9-18/h2-7,12,20-21H,8-11H2,1H3. The Morgan fingerprint density at radius 1 is 1.17 bits per heavy atom. The molecule has 1 heterocycles. The van der Waals surface area contributed by atoms with Gasteiger partial charge in [0.2, 0.25) is 0 Å². The van der Waals surface area contributed by atoms with Crippen molar-refractivity contribution >= 4 is 23.4 Å². The van der Waals surface area contributed by atoms with E-state index in [1.54, 1.807) is 18.9 Å². The first-order valence-corrected chi connectivity index (χ1v) is 8.86. The maximum Gasteiger partial charge on any atom is 0.137 e. The minimum atomic E-state index is -0.759. The third-order valence-corrected chi connectivity index (χ3v) is 5.53. The number of ether oxygens (including phenoxy) is 1. The molecule has 1 aliphatic rings. The monoisotopic (exact) mass is 349 g/mol. The highest BCUT2D eigenvalue weighted by molar-refractivity contribution is 7.99. The van der Waals surface area contributed by atoms with Crippen LogP contribution in [-0.2, 0) is 5.60 Å². The minimum absolute atomic E-state index is 0.593. The quantitative estimate of drug-likeness (QED) is 0.873. The van der Waals surface area contributed by atoms with Crippen LogP contribution in [0.25, 0.3) is 0 Å². The van der Waals surface area contributed by atoms with E-state index in [-0.39, 0.29) is 0 Å². The molecule has 1 aliphatic heterocycles. The largest absolute Gasteiger partial charge is 0.495 e. The zero-order chi connectivity index (χ0) is 16.3. The fourth-order valence-corrected chi connectivity index (χ4v) is 4.29. The number of piperidine rings is 1. The summed E-state index contributed by atoms with van der Waals surface area (Å²) in [7, 11) is 1.61. The van der Waals surface area contributed by atoms with Crippen LogP contribution in [0.1, 0.15) is 18.4 Å². The molecule has 23 heavy (non-hydrogen) atoms. The third-order valence-electron chi connectivity index (χ3n) is 4.17. The molecule has 0 amide bonds. The summed E-state index contributed by atoms with van der Waals surface area (Å²) in [6.45, 7) is 1.67. The van der Waals surface area contributed by atoms with Gasteiger partial charge < -0.3 is 15.2 Å². The van der Waals surface area contributed by atoms with E-state index < -0.39 is 5.60 Å². The molecule has 5 heteroatoms. The zero-order valence-corrected chi connectivity index (χ0v) is 14.6. The molecule has 0 saturated carbocycles. The van der Waals surface area contributed by atoms with E-state index in [4.69, 9.17) is 16.3 Å². The van der Waals surface area contributed by atoms with Crippen molar-refractivity contribution in [2.75, 3.05) is 20.2 Å².